The molecule has 0 fully saturated rings. The molecule has 0 bridgehead atoms. The van der Waals surface area contributed by atoms with Gasteiger partial charge in [-0.2, -0.15) is 0 Å². The van der Waals surface area contributed by atoms with Crippen LogP contribution >= 0.6 is 11.6 Å². The zero-order valence-electron chi connectivity index (χ0n) is 14.5. The Morgan fingerprint density at radius 3 is 2.56 bits per heavy atom. The van der Waals surface area contributed by atoms with Crippen LogP contribution in [0.3, 0.4) is 0 Å². The Hall–Kier alpha value is -2.11. The van der Waals surface area contributed by atoms with E-state index in [-0.39, 0.29) is 17.5 Å². The summed E-state index contributed by atoms with van der Waals surface area (Å²) in [5.41, 5.74) is 2.54. The number of nitrogens with one attached hydrogen (secondary N) is 2. The molecular formula is C19H23ClFN3O. The normalized spacial score (nSPS) is 10.8. The minimum atomic E-state index is -0.511. The lowest BCUT2D eigenvalue weighted by atomic mass is 10.1. The van der Waals surface area contributed by atoms with Crippen LogP contribution in [-0.4, -0.2) is 30.4 Å². The SMILES string of the molecule is CCN(CC)Cc1ccccc1NCC(=O)Nc1ccc(F)c(Cl)c1. The van der Waals surface area contributed by atoms with Crippen molar-refractivity contribution in [3.05, 3.63) is 58.9 Å². The molecule has 0 aliphatic rings. The summed E-state index contributed by atoms with van der Waals surface area (Å²) in [7, 11) is 0. The summed E-state index contributed by atoms with van der Waals surface area (Å²) in [6.45, 7) is 7.13. The Morgan fingerprint density at radius 1 is 1.16 bits per heavy atom. The van der Waals surface area contributed by atoms with Crippen molar-refractivity contribution in [1.82, 2.24) is 4.90 Å². The monoisotopic (exact) mass is 363 g/mol. The van der Waals surface area contributed by atoms with Gasteiger partial charge in [-0.3, -0.25) is 9.69 Å². The van der Waals surface area contributed by atoms with E-state index in [0.29, 0.717) is 5.69 Å². The Labute approximate surface area is 153 Å². The first-order chi connectivity index (χ1) is 12.0. The number of hydrogen-bond donors (Lipinski definition) is 2. The molecule has 0 aliphatic heterocycles. The molecule has 134 valence electrons. The van der Waals surface area contributed by atoms with Crippen LogP contribution in [0.5, 0.6) is 0 Å². The first kappa shape index (κ1) is 19.2. The summed E-state index contributed by atoms with van der Waals surface area (Å²) < 4.78 is 13.2. The maximum Gasteiger partial charge on any atom is 0.243 e. The molecule has 1 amide bonds. The number of rotatable bonds is 8. The fourth-order valence-electron chi connectivity index (χ4n) is 2.47. The molecule has 0 aromatic heterocycles. The van der Waals surface area contributed by atoms with Crippen molar-refractivity contribution in [2.75, 3.05) is 30.3 Å². The Bertz CT molecular complexity index is 720. The van der Waals surface area contributed by atoms with Gasteiger partial charge in [0.15, 0.2) is 0 Å². The maximum absolute atomic E-state index is 13.2. The van der Waals surface area contributed by atoms with Gasteiger partial charge < -0.3 is 10.6 Å². The lowest BCUT2D eigenvalue weighted by Crippen LogP contribution is -2.25. The van der Waals surface area contributed by atoms with Crippen molar-refractivity contribution in [2.45, 2.75) is 20.4 Å². The second kappa shape index (κ2) is 9.39. The van der Waals surface area contributed by atoms with Gasteiger partial charge in [0.25, 0.3) is 0 Å². The third-order valence-corrected chi connectivity index (χ3v) is 4.24. The lowest BCUT2D eigenvalue weighted by molar-refractivity contribution is -0.114. The highest BCUT2D eigenvalue weighted by Crippen LogP contribution is 2.20. The molecule has 2 aromatic carbocycles. The Morgan fingerprint density at radius 2 is 1.88 bits per heavy atom. The molecule has 25 heavy (non-hydrogen) atoms. The van der Waals surface area contributed by atoms with Crippen LogP contribution < -0.4 is 10.6 Å². The van der Waals surface area contributed by atoms with Crippen LogP contribution in [-0.2, 0) is 11.3 Å². The molecule has 0 spiro atoms. The fourth-order valence-corrected chi connectivity index (χ4v) is 2.65. The van der Waals surface area contributed by atoms with Crippen molar-refractivity contribution in [3.63, 3.8) is 0 Å². The number of para-hydroxylation sites is 1. The topological polar surface area (TPSA) is 44.4 Å². The first-order valence-electron chi connectivity index (χ1n) is 8.32. The van der Waals surface area contributed by atoms with Crippen LogP contribution in [0.25, 0.3) is 0 Å². The predicted molar refractivity (Wildman–Crippen MR) is 102 cm³/mol. The van der Waals surface area contributed by atoms with E-state index in [1.165, 1.54) is 18.2 Å². The number of hydrogen-bond acceptors (Lipinski definition) is 3. The van der Waals surface area contributed by atoms with Crippen LogP contribution in [0, 0.1) is 5.82 Å². The van der Waals surface area contributed by atoms with Crippen molar-refractivity contribution >= 4 is 28.9 Å². The number of carbonyl (C=O) groups excluding carboxylic acids is 1. The van der Waals surface area contributed by atoms with E-state index in [4.69, 9.17) is 11.6 Å². The highest BCUT2D eigenvalue weighted by Gasteiger charge is 2.09. The fraction of sp³-hybridized carbons (Fsp3) is 0.316. The van der Waals surface area contributed by atoms with Crippen molar-refractivity contribution in [1.29, 1.82) is 0 Å². The highest BCUT2D eigenvalue weighted by molar-refractivity contribution is 6.31. The molecule has 2 aromatic rings. The van der Waals surface area contributed by atoms with Gasteiger partial charge in [0, 0.05) is 17.9 Å². The molecule has 0 saturated carbocycles. The number of benzene rings is 2. The second-order valence-corrected chi connectivity index (χ2v) is 6.06. The summed E-state index contributed by atoms with van der Waals surface area (Å²) in [4.78, 5) is 14.4. The summed E-state index contributed by atoms with van der Waals surface area (Å²) in [5, 5.41) is 5.85. The minimum Gasteiger partial charge on any atom is -0.376 e. The number of carbonyl (C=O) groups is 1. The van der Waals surface area contributed by atoms with E-state index < -0.39 is 5.82 Å². The van der Waals surface area contributed by atoms with Crippen LogP contribution in [0.15, 0.2) is 42.5 Å². The van der Waals surface area contributed by atoms with Gasteiger partial charge in [0.2, 0.25) is 5.91 Å². The molecule has 2 N–H and O–H groups in total. The molecule has 0 saturated heterocycles. The third-order valence-electron chi connectivity index (χ3n) is 3.95. The molecule has 0 radical (unpaired) electrons. The summed E-state index contributed by atoms with van der Waals surface area (Å²) >= 11 is 5.72. The van der Waals surface area contributed by atoms with E-state index in [1.807, 2.05) is 18.2 Å². The maximum atomic E-state index is 13.2. The van der Waals surface area contributed by atoms with Gasteiger partial charge in [0.05, 0.1) is 11.6 Å². The van der Waals surface area contributed by atoms with Gasteiger partial charge >= 0.3 is 0 Å². The standard InChI is InChI=1S/C19H23ClFN3O/c1-3-24(4-2)13-14-7-5-6-8-18(14)22-12-19(25)23-15-9-10-17(21)16(20)11-15/h5-11,22H,3-4,12-13H2,1-2H3,(H,23,25). The van der Waals surface area contributed by atoms with Gasteiger partial charge in [-0.25, -0.2) is 4.39 Å². The summed E-state index contributed by atoms with van der Waals surface area (Å²) in [5.74, 6) is -0.733. The van der Waals surface area contributed by atoms with Gasteiger partial charge in [-0.05, 0) is 42.9 Å². The molecule has 0 atom stereocenters. The summed E-state index contributed by atoms with van der Waals surface area (Å²) in [6, 6.07) is 12.0. The number of nitrogens with zero attached hydrogens (tertiary/aromatic N) is 1. The van der Waals surface area contributed by atoms with Crippen molar-refractivity contribution in [3.8, 4) is 0 Å². The lowest BCUT2D eigenvalue weighted by Gasteiger charge is -2.20. The highest BCUT2D eigenvalue weighted by atomic mass is 35.5. The smallest absolute Gasteiger partial charge is 0.243 e. The largest absolute Gasteiger partial charge is 0.376 e. The molecule has 0 aliphatic carbocycles. The quantitative estimate of drug-likeness (QED) is 0.731. The van der Waals surface area contributed by atoms with E-state index in [2.05, 4.69) is 35.4 Å². The van der Waals surface area contributed by atoms with E-state index in [1.54, 1.807) is 0 Å². The Kier molecular flexibility index (Phi) is 7.22. The van der Waals surface area contributed by atoms with E-state index in [9.17, 15) is 9.18 Å². The number of halogens is 2. The average molecular weight is 364 g/mol. The van der Waals surface area contributed by atoms with Crippen molar-refractivity contribution in [2.24, 2.45) is 0 Å². The van der Waals surface area contributed by atoms with Gasteiger partial charge in [-0.1, -0.05) is 43.6 Å². The second-order valence-electron chi connectivity index (χ2n) is 5.65. The molecule has 4 nitrogen and oxygen atoms in total. The molecule has 0 unspecified atom stereocenters. The zero-order valence-corrected chi connectivity index (χ0v) is 15.2. The van der Waals surface area contributed by atoms with Crippen LogP contribution in [0.1, 0.15) is 19.4 Å². The zero-order chi connectivity index (χ0) is 18.2. The number of amides is 1. The van der Waals surface area contributed by atoms with Crippen molar-refractivity contribution < 1.29 is 9.18 Å². The van der Waals surface area contributed by atoms with Gasteiger partial charge in [-0.15, -0.1) is 0 Å². The molecule has 2 rings (SSSR count). The molecular weight excluding hydrogens is 341 g/mol. The number of anilines is 2. The average Bonchev–Trinajstić information content (AvgIpc) is 2.62. The summed E-state index contributed by atoms with van der Waals surface area (Å²) in [6.07, 6.45) is 0. The molecule has 0 heterocycles. The molecule has 6 heteroatoms. The third kappa shape index (κ3) is 5.73. The van der Waals surface area contributed by atoms with Crippen LogP contribution in [0.4, 0.5) is 15.8 Å². The van der Waals surface area contributed by atoms with E-state index >= 15 is 0 Å². The minimum absolute atomic E-state index is 0.0182. The first-order valence-corrected chi connectivity index (χ1v) is 8.70. The van der Waals surface area contributed by atoms with E-state index in [0.717, 1.165) is 30.9 Å². The van der Waals surface area contributed by atoms with Gasteiger partial charge in [0.1, 0.15) is 5.82 Å². The van der Waals surface area contributed by atoms with Crippen LogP contribution in [0.2, 0.25) is 5.02 Å². The Balaban J connectivity index is 1.96. The predicted octanol–water partition coefficient (Wildman–Crippen LogP) is 4.37.